The van der Waals surface area contributed by atoms with Crippen molar-refractivity contribution < 1.29 is 0 Å². The average molecular weight is 1100 g/mol. The molecule has 0 bridgehead atoms. The fraction of sp³-hybridized carbons (Fsp3) is 0.416. The molecule has 7 aromatic carbocycles. The molecule has 0 fully saturated rings. The van der Waals surface area contributed by atoms with E-state index < -0.39 is 0 Å². The molecule has 3 heterocycles. The minimum Gasteiger partial charge on any atom is -0.311 e. The Bertz CT molecular complexity index is 3500. The normalized spacial score (nSPS) is 14.2. The minimum absolute atomic E-state index is 0.0180. The van der Waals surface area contributed by atoms with Gasteiger partial charge >= 0.3 is 0 Å². The summed E-state index contributed by atoms with van der Waals surface area (Å²) in [5.74, 6) is 1.95. The lowest BCUT2D eigenvalue weighted by atomic mass is 9.33. The molecule has 10 rings (SSSR count). The Morgan fingerprint density at radius 1 is 0.253 bits per heavy atom. The van der Waals surface area contributed by atoms with Crippen molar-refractivity contribution in [3.05, 3.63) is 178 Å². The number of anilines is 6. The van der Waals surface area contributed by atoms with Gasteiger partial charge in [-0.05, 0) is 177 Å². The van der Waals surface area contributed by atoms with Crippen LogP contribution in [0.15, 0.2) is 133 Å². The van der Waals surface area contributed by atoms with Crippen LogP contribution in [0.2, 0.25) is 0 Å². The van der Waals surface area contributed by atoms with Crippen molar-refractivity contribution >= 4 is 57.2 Å². The molecule has 0 saturated carbocycles. The molecule has 8 aromatic rings. The maximum Gasteiger partial charge on any atom is 0.252 e. The van der Waals surface area contributed by atoms with Gasteiger partial charge in [-0.25, -0.2) is 15.0 Å². The van der Waals surface area contributed by atoms with Crippen LogP contribution < -0.4 is 26.2 Å². The lowest BCUT2D eigenvalue weighted by Gasteiger charge is -2.45. The molecular weight excluding hydrogens is 1010 g/mol. The van der Waals surface area contributed by atoms with Gasteiger partial charge in [-0.15, -0.1) is 0 Å². The second kappa shape index (κ2) is 19.9. The quantitative estimate of drug-likeness (QED) is 0.161. The third-order valence-corrected chi connectivity index (χ3v) is 17.5. The summed E-state index contributed by atoms with van der Waals surface area (Å²) < 4.78 is 0. The average Bonchev–Trinajstić information content (AvgIpc) is 0.821. The van der Waals surface area contributed by atoms with Crippen molar-refractivity contribution in [2.24, 2.45) is 0 Å². The van der Waals surface area contributed by atoms with E-state index in [1.54, 1.807) is 0 Å². The van der Waals surface area contributed by atoms with Gasteiger partial charge < -0.3 is 9.80 Å². The van der Waals surface area contributed by atoms with Crippen molar-refractivity contribution in [1.82, 2.24) is 15.0 Å². The summed E-state index contributed by atoms with van der Waals surface area (Å²) >= 11 is 0. The molecule has 1 aromatic heterocycles. The van der Waals surface area contributed by atoms with Gasteiger partial charge in [0.15, 0.2) is 17.5 Å². The van der Waals surface area contributed by atoms with Gasteiger partial charge in [-0.3, -0.25) is 0 Å². The zero-order valence-corrected chi connectivity index (χ0v) is 55.0. The Kier molecular flexibility index (Phi) is 14.2. The van der Waals surface area contributed by atoms with Crippen molar-refractivity contribution in [1.29, 1.82) is 0 Å². The molecular formula is C77H94BN5. The number of nitrogens with zero attached hydrogens (tertiary/aromatic N) is 5. The predicted molar refractivity (Wildman–Crippen MR) is 360 cm³/mol. The number of hydrogen-bond acceptors (Lipinski definition) is 5. The van der Waals surface area contributed by atoms with Crippen LogP contribution >= 0.6 is 0 Å². The van der Waals surface area contributed by atoms with E-state index in [-0.39, 0.29) is 50.0 Å². The summed E-state index contributed by atoms with van der Waals surface area (Å²) in [4.78, 5) is 22.1. The maximum atomic E-state index is 5.73. The molecule has 0 N–H and O–H groups in total. The molecule has 83 heavy (non-hydrogen) atoms. The van der Waals surface area contributed by atoms with Gasteiger partial charge in [0.05, 0.1) is 0 Å². The van der Waals surface area contributed by atoms with Gasteiger partial charge in [0.2, 0.25) is 0 Å². The highest BCUT2D eigenvalue weighted by atomic mass is 15.2. The summed E-state index contributed by atoms with van der Waals surface area (Å²) in [7, 11) is 0. The predicted octanol–water partition coefficient (Wildman–Crippen LogP) is 19.3. The molecule has 0 radical (unpaired) electrons. The van der Waals surface area contributed by atoms with Gasteiger partial charge in [0.25, 0.3) is 6.71 Å². The van der Waals surface area contributed by atoms with E-state index in [9.17, 15) is 0 Å². The maximum absolute atomic E-state index is 5.73. The number of benzene rings is 7. The molecule has 0 amide bonds. The summed E-state index contributed by atoms with van der Waals surface area (Å²) in [6, 6.07) is 52.1. The van der Waals surface area contributed by atoms with E-state index in [4.69, 9.17) is 15.0 Å². The molecule has 0 saturated heterocycles. The first-order valence-corrected chi connectivity index (χ1v) is 30.5. The second-order valence-electron chi connectivity index (χ2n) is 32.6. The Labute approximate surface area is 500 Å². The lowest BCUT2D eigenvalue weighted by Crippen LogP contribution is -2.61. The molecule has 5 nitrogen and oxygen atoms in total. The topological polar surface area (TPSA) is 45.2 Å². The Balaban J connectivity index is 1.37. The first kappa shape index (κ1) is 59.4. The number of hydrogen-bond donors (Lipinski definition) is 0. The summed E-state index contributed by atoms with van der Waals surface area (Å²) in [6.45, 7) is 55.3. The highest BCUT2D eigenvalue weighted by Crippen LogP contribution is 2.48. The molecule has 2 aliphatic rings. The van der Waals surface area contributed by atoms with E-state index in [0.717, 1.165) is 39.4 Å². The molecule has 2 aliphatic heterocycles. The number of fused-ring (bicyclic) bond motifs is 4. The third-order valence-electron chi connectivity index (χ3n) is 17.5. The van der Waals surface area contributed by atoms with E-state index in [1.807, 2.05) is 0 Å². The van der Waals surface area contributed by atoms with Crippen LogP contribution in [-0.4, -0.2) is 21.7 Å². The van der Waals surface area contributed by atoms with Crippen LogP contribution in [0, 0.1) is 0 Å². The third kappa shape index (κ3) is 11.5. The van der Waals surface area contributed by atoms with Crippen molar-refractivity contribution in [3.8, 4) is 34.2 Å². The smallest absolute Gasteiger partial charge is 0.252 e. The van der Waals surface area contributed by atoms with Crippen molar-refractivity contribution in [2.75, 3.05) is 9.80 Å². The van der Waals surface area contributed by atoms with E-state index in [2.05, 4.69) is 309 Å². The highest BCUT2D eigenvalue weighted by molar-refractivity contribution is 7.00. The van der Waals surface area contributed by atoms with Crippen LogP contribution in [0.1, 0.15) is 211 Å². The summed E-state index contributed by atoms with van der Waals surface area (Å²) in [5, 5.41) is 0. The van der Waals surface area contributed by atoms with E-state index >= 15 is 0 Å². The molecule has 0 aliphatic carbocycles. The van der Waals surface area contributed by atoms with E-state index in [0.29, 0.717) is 17.5 Å². The standard InChI is InChI=1S/C77H94BN5/c1-70(2,3)50-25-31-58(32-26-50)82-62-35-29-52(72(7,8)9)45-60(62)78-61-46-53(73(10,11)12)30-36-63(61)83(59-33-27-51(28-34-59)71(4,5)6)65-42-49(41-64(82)66(65)78)69-80-67(47-37-54(74(13,14)15)43-55(38-47)75(16,17)18)79-68(81-69)48-39-56(76(19,20)21)44-57(40-48)77(22,23)24/h25-46H,1-24H3. The van der Waals surface area contributed by atoms with Crippen LogP contribution in [0.4, 0.5) is 34.1 Å². The summed E-state index contributed by atoms with van der Waals surface area (Å²) in [6.07, 6.45) is 0. The summed E-state index contributed by atoms with van der Waals surface area (Å²) in [5.41, 5.74) is 23.1. The lowest BCUT2D eigenvalue weighted by molar-refractivity contribution is 0.568. The highest BCUT2D eigenvalue weighted by Gasteiger charge is 2.45. The van der Waals surface area contributed by atoms with Crippen molar-refractivity contribution in [3.63, 3.8) is 0 Å². The van der Waals surface area contributed by atoms with Gasteiger partial charge in [0.1, 0.15) is 0 Å². The fourth-order valence-electron chi connectivity index (χ4n) is 11.9. The minimum atomic E-state index is -0.119. The molecule has 6 heteroatoms. The zero-order chi connectivity index (χ0) is 60.7. The van der Waals surface area contributed by atoms with Crippen LogP contribution in [0.5, 0.6) is 0 Å². The van der Waals surface area contributed by atoms with Crippen LogP contribution in [0.3, 0.4) is 0 Å². The van der Waals surface area contributed by atoms with Gasteiger partial charge in [0, 0.05) is 50.8 Å². The second-order valence-corrected chi connectivity index (χ2v) is 32.6. The number of aromatic nitrogens is 3. The van der Waals surface area contributed by atoms with Crippen molar-refractivity contribution in [2.45, 2.75) is 209 Å². The van der Waals surface area contributed by atoms with Crippen LogP contribution in [0.25, 0.3) is 34.2 Å². The van der Waals surface area contributed by atoms with Crippen LogP contribution in [-0.2, 0) is 43.3 Å². The van der Waals surface area contributed by atoms with Gasteiger partial charge in [-0.1, -0.05) is 227 Å². The number of rotatable bonds is 5. The Morgan fingerprint density at radius 3 is 0.771 bits per heavy atom. The monoisotopic (exact) mass is 1100 g/mol. The Hall–Kier alpha value is -6.79. The molecule has 0 unspecified atom stereocenters. The Morgan fingerprint density at radius 2 is 0.506 bits per heavy atom. The fourth-order valence-corrected chi connectivity index (χ4v) is 11.9. The van der Waals surface area contributed by atoms with E-state index in [1.165, 1.54) is 72.3 Å². The first-order chi connectivity index (χ1) is 38.2. The largest absolute Gasteiger partial charge is 0.311 e. The molecule has 0 spiro atoms. The van der Waals surface area contributed by atoms with Gasteiger partial charge in [-0.2, -0.15) is 0 Å². The first-order valence-electron chi connectivity index (χ1n) is 30.5. The SMILES string of the molecule is CC(C)(C)c1ccc(N2c3ccc(C(C)(C)C)cc3B3c4cc(C(C)(C)C)ccc4N(c4ccc(C(C)(C)C)cc4)c4cc(-c5nc(-c6cc(C(C)(C)C)cc(C(C)(C)C)c6)nc(-c6cc(C(C)(C)C)cc(C(C)(C)C)c6)n5)cc2c43)cc1. The molecule has 0 atom stereocenters. The molecule has 430 valence electrons. The zero-order valence-electron chi connectivity index (χ0n) is 55.0.